The molecule has 1 atom stereocenters. The average Bonchev–Trinajstić information content (AvgIpc) is 3.13. The number of anilines is 2. The lowest BCUT2D eigenvalue weighted by Crippen LogP contribution is -2.22. The van der Waals surface area contributed by atoms with Crippen LogP contribution in [0.15, 0.2) is 23.6 Å². The highest BCUT2D eigenvalue weighted by molar-refractivity contribution is 7.18. The van der Waals surface area contributed by atoms with Crippen molar-refractivity contribution in [2.45, 2.75) is 26.3 Å². The molecule has 0 aromatic carbocycles. The molecule has 0 spiro atoms. The number of nitrogen functional groups attached to an aromatic ring is 1. The molecule has 21 heavy (non-hydrogen) atoms. The van der Waals surface area contributed by atoms with Gasteiger partial charge in [-0.2, -0.15) is 4.98 Å². The fourth-order valence-electron chi connectivity index (χ4n) is 2.32. The minimum atomic E-state index is 0.257. The van der Waals surface area contributed by atoms with Gasteiger partial charge in [0.05, 0.1) is 11.4 Å². The summed E-state index contributed by atoms with van der Waals surface area (Å²) in [6, 6.07) is 6.67. The molecule has 0 amide bonds. The molecule has 0 aliphatic rings. The van der Waals surface area contributed by atoms with Crippen molar-refractivity contribution in [3.05, 3.63) is 33.3 Å². The van der Waals surface area contributed by atoms with Gasteiger partial charge in [0.1, 0.15) is 10.6 Å². The monoisotopic (exact) mass is 318 g/mol. The second kappa shape index (κ2) is 5.61. The standard InChI is InChI=1S/C15H18N4S2/c1-4-10-8-11-13(17-15(16)18-14(11)21-10)19(3)9(2)12-6-5-7-20-12/h5-9H,4H2,1-3H3,(H2,16,17,18). The first-order valence-electron chi connectivity index (χ1n) is 6.92. The van der Waals surface area contributed by atoms with E-state index in [1.807, 2.05) is 0 Å². The molecule has 4 nitrogen and oxygen atoms in total. The fourth-order valence-corrected chi connectivity index (χ4v) is 4.11. The van der Waals surface area contributed by atoms with E-state index in [-0.39, 0.29) is 6.04 Å². The molecule has 3 aromatic heterocycles. The SMILES string of the molecule is CCc1cc2c(N(C)C(C)c3cccs3)nc(N)nc2s1. The molecule has 0 aliphatic heterocycles. The van der Waals surface area contributed by atoms with E-state index in [4.69, 9.17) is 5.73 Å². The van der Waals surface area contributed by atoms with Crippen LogP contribution in [0.4, 0.5) is 11.8 Å². The third-order valence-corrected chi connectivity index (χ3v) is 5.88. The Labute approximate surface area is 132 Å². The van der Waals surface area contributed by atoms with E-state index in [0.29, 0.717) is 5.95 Å². The molecule has 2 N–H and O–H groups in total. The van der Waals surface area contributed by atoms with Crippen molar-refractivity contribution in [1.82, 2.24) is 9.97 Å². The quantitative estimate of drug-likeness (QED) is 0.787. The molecule has 6 heteroatoms. The van der Waals surface area contributed by atoms with E-state index in [0.717, 1.165) is 22.5 Å². The topological polar surface area (TPSA) is 55.0 Å². The van der Waals surface area contributed by atoms with Gasteiger partial charge in [-0.15, -0.1) is 22.7 Å². The van der Waals surface area contributed by atoms with Crippen LogP contribution in [0.3, 0.4) is 0 Å². The molecule has 110 valence electrons. The summed E-state index contributed by atoms with van der Waals surface area (Å²) in [6.07, 6.45) is 1.00. The van der Waals surface area contributed by atoms with E-state index in [9.17, 15) is 0 Å². The van der Waals surface area contributed by atoms with Crippen LogP contribution in [0.5, 0.6) is 0 Å². The Morgan fingerprint density at radius 1 is 1.38 bits per heavy atom. The van der Waals surface area contributed by atoms with Crippen molar-refractivity contribution >= 4 is 44.7 Å². The molecule has 3 rings (SSSR count). The number of aryl methyl sites for hydroxylation is 1. The van der Waals surface area contributed by atoms with Gasteiger partial charge < -0.3 is 10.6 Å². The lowest BCUT2D eigenvalue weighted by molar-refractivity contribution is 0.745. The molecular weight excluding hydrogens is 300 g/mol. The minimum Gasteiger partial charge on any atom is -0.368 e. The van der Waals surface area contributed by atoms with Crippen LogP contribution in [-0.2, 0) is 6.42 Å². The molecule has 0 bridgehead atoms. The van der Waals surface area contributed by atoms with Crippen LogP contribution < -0.4 is 10.6 Å². The normalized spacial score (nSPS) is 12.7. The van der Waals surface area contributed by atoms with E-state index in [1.54, 1.807) is 22.7 Å². The number of fused-ring (bicyclic) bond motifs is 1. The second-order valence-corrected chi connectivity index (χ2v) is 7.09. The van der Waals surface area contributed by atoms with E-state index in [2.05, 4.69) is 59.3 Å². The van der Waals surface area contributed by atoms with Crippen LogP contribution in [0, 0.1) is 0 Å². The Kier molecular flexibility index (Phi) is 3.82. The van der Waals surface area contributed by atoms with Gasteiger partial charge in [0, 0.05) is 16.8 Å². The number of thiophene rings is 2. The molecule has 1 unspecified atom stereocenters. The highest BCUT2D eigenvalue weighted by Gasteiger charge is 2.19. The highest BCUT2D eigenvalue weighted by Crippen LogP contribution is 2.35. The van der Waals surface area contributed by atoms with Gasteiger partial charge in [-0.3, -0.25) is 0 Å². The third kappa shape index (κ3) is 2.61. The van der Waals surface area contributed by atoms with Crippen molar-refractivity contribution in [3.8, 4) is 0 Å². The number of hydrogen-bond donors (Lipinski definition) is 1. The average molecular weight is 318 g/mol. The first-order valence-corrected chi connectivity index (χ1v) is 8.62. The largest absolute Gasteiger partial charge is 0.368 e. The van der Waals surface area contributed by atoms with Crippen molar-refractivity contribution in [3.63, 3.8) is 0 Å². The maximum Gasteiger partial charge on any atom is 0.223 e. The molecule has 0 radical (unpaired) electrons. The number of aromatic nitrogens is 2. The van der Waals surface area contributed by atoms with Gasteiger partial charge in [-0.05, 0) is 30.9 Å². The summed E-state index contributed by atoms with van der Waals surface area (Å²) in [7, 11) is 2.06. The first kappa shape index (κ1) is 14.3. The van der Waals surface area contributed by atoms with Gasteiger partial charge in [0.25, 0.3) is 0 Å². The Morgan fingerprint density at radius 3 is 2.86 bits per heavy atom. The summed E-state index contributed by atoms with van der Waals surface area (Å²) in [4.78, 5) is 14.6. The van der Waals surface area contributed by atoms with Crippen molar-refractivity contribution in [2.75, 3.05) is 17.7 Å². The first-order chi connectivity index (χ1) is 10.1. The molecule has 0 saturated carbocycles. The number of nitrogens with two attached hydrogens (primary N) is 1. The fraction of sp³-hybridized carbons (Fsp3) is 0.333. The van der Waals surface area contributed by atoms with Gasteiger partial charge in [-0.1, -0.05) is 13.0 Å². The van der Waals surface area contributed by atoms with Crippen LogP contribution in [0.25, 0.3) is 10.2 Å². The van der Waals surface area contributed by atoms with Gasteiger partial charge in [0.15, 0.2) is 0 Å². The predicted molar refractivity (Wildman–Crippen MR) is 92.3 cm³/mol. The highest BCUT2D eigenvalue weighted by atomic mass is 32.1. The van der Waals surface area contributed by atoms with Crippen LogP contribution in [-0.4, -0.2) is 17.0 Å². The van der Waals surface area contributed by atoms with Crippen LogP contribution >= 0.6 is 22.7 Å². The second-order valence-electron chi connectivity index (χ2n) is 4.99. The van der Waals surface area contributed by atoms with Crippen molar-refractivity contribution < 1.29 is 0 Å². The van der Waals surface area contributed by atoms with Crippen LogP contribution in [0.2, 0.25) is 0 Å². The number of nitrogens with zero attached hydrogens (tertiary/aromatic N) is 3. The molecule has 3 aromatic rings. The Bertz CT molecular complexity index is 748. The summed E-state index contributed by atoms with van der Waals surface area (Å²) >= 11 is 3.46. The number of rotatable bonds is 4. The van der Waals surface area contributed by atoms with E-state index < -0.39 is 0 Å². The van der Waals surface area contributed by atoms with Gasteiger partial charge in [-0.25, -0.2) is 4.98 Å². The lowest BCUT2D eigenvalue weighted by atomic mass is 10.2. The zero-order valence-corrected chi connectivity index (χ0v) is 14.0. The smallest absolute Gasteiger partial charge is 0.223 e. The minimum absolute atomic E-state index is 0.257. The Morgan fingerprint density at radius 2 is 2.19 bits per heavy atom. The maximum atomic E-state index is 5.89. The van der Waals surface area contributed by atoms with Crippen molar-refractivity contribution in [2.24, 2.45) is 0 Å². The van der Waals surface area contributed by atoms with Crippen molar-refractivity contribution in [1.29, 1.82) is 0 Å². The molecule has 0 fully saturated rings. The van der Waals surface area contributed by atoms with E-state index in [1.165, 1.54) is 9.75 Å². The number of hydrogen-bond acceptors (Lipinski definition) is 6. The molecule has 0 saturated heterocycles. The summed E-state index contributed by atoms with van der Waals surface area (Å²) in [6.45, 7) is 4.34. The van der Waals surface area contributed by atoms with Gasteiger partial charge >= 0.3 is 0 Å². The molecule has 0 aliphatic carbocycles. The zero-order valence-electron chi connectivity index (χ0n) is 12.3. The Balaban J connectivity index is 2.08. The maximum absolute atomic E-state index is 5.89. The third-order valence-electron chi connectivity index (χ3n) is 3.66. The van der Waals surface area contributed by atoms with Crippen LogP contribution in [0.1, 0.15) is 29.6 Å². The summed E-state index contributed by atoms with van der Waals surface area (Å²) in [5.41, 5.74) is 5.89. The summed E-state index contributed by atoms with van der Waals surface area (Å²) < 4.78 is 0. The lowest BCUT2D eigenvalue weighted by Gasteiger charge is -2.25. The van der Waals surface area contributed by atoms with Gasteiger partial charge in [0.2, 0.25) is 5.95 Å². The summed E-state index contributed by atoms with van der Waals surface area (Å²) in [5.74, 6) is 1.25. The summed E-state index contributed by atoms with van der Waals surface area (Å²) in [5, 5.41) is 3.19. The Hall–Kier alpha value is -1.66. The van der Waals surface area contributed by atoms with E-state index >= 15 is 0 Å². The predicted octanol–water partition coefficient (Wildman–Crippen LogP) is 4.09. The molecular formula is C15H18N4S2. The zero-order chi connectivity index (χ0) is 15.0. The molecule has 3 heterocycles.